The van der Waals surface area contributed by atoms with Gasteiger partial charge >= 0.3 is 0 Å². The number of nitrogens with one attached hydrogen (secondary N) is 2. The Labute approximate surface area is 119 Å². The van der Waals surface area contributed by atoms with Crippen LogP contribution in [0.15, 0.2) is 23.1 Å². The summed E-state index contributed by atoms with van der Waals surface area (Å²) in [5.74, 6) is -0.176. The summed E-state index contributed by atoms with van der Waals surface area (Å²) in [7, 11) is -2.18. The first kappa shape index (κ1) is 16.6. The van der Waals surface area contributed by atoms with Gasteiger partial charge in [-0.2, -0.15) is 0 Å². The minimum Gasteiger partial charge on any atom is -0.328 e. The smallest absolute Gasteiger partial charge is 0.240 e. The van der Waals surface area contributed by atoms with Crippen LogP contribution in [0.2, 0.25) is 0 Å². The van der Waals surface area contributed by atoms with Crippen LogP contribution in [0.4, 0.5) is 5.69 Å². The standard InChI is InChI=1S/C13H21N3O3S/c1-9(14)7-8-13(17)16-11-5-4-6-12(10(11)2)20(18,19)15-3/h4-6,9,15H,7-8,14H2,1-3H3,(H,16,17). The summed E-state index contributed by atoms with van der Waals surface area (Å²) < 4.78 is 25.9. The van der Waals surface area contributed by atoms with Crippen LogP contribution in [0.1, 0.15) is 25.3 Å². The van der Waals surface area contributed by atoms with Gasteiger partial charge in [0.05, 0.1) is 4.90 Å². The molecule has 0 aliphatic heterocycles. The van der Waals surface area contributed by atoms with E-state index >= 15 is 0 Å². The van der Waals surface area contributed by atoms with E-state index in [0.29, 0.717) is 24.1 Å². The Bertz CT molecular complexity index is 583. The van der Waals surface area contributed by atoms with Crippen LogP contribution in [0, 0.1) is 6.92 Å². The molecule has 1 aromatic rings. The summed E-state index contributed by atoms with van der Waals surface area (Å²) >= 11 is 0. The Morgan fingerprint density at radius 1 is 1.40 bits per heavy atom. The number of carbonyl (C=O) groups is 1. The zero-order valence-electron chi connectivity index (χ0n) is 11.9. The first-order chi connectivity index (χ1) is 9.27. The fourth-order valence-corrected chi connectivity index (χ4v) is 2.71. The molecule has 0 radical (unpaired) electrons. The van der Waals surface area contributed by atoms with Gasteiger partial charge < -0.3 is 11.1 Å². The van der Waals surface area contributed by atoms with Crippen molar-refractivity contribution in [2.75, 3.05) is 12.4 Å². The van der Waals surface area contributed by atoms with E-state index in [1.807, 2.05) is 6.92 Å². The van der Waals surface area contributed by atoms with Gasteiger partial charge in [-0.05, 0) is 45.0 Å². The maximum atomic E-state index is 11.8. The van der Waals surface area contributed by atoms with Gasteiger partial charge in [0.1, 0.15) is 0 Å². The number of nitrogens with two attached hydrogens (primary N) is 1. The zero-order chi connectivity index (χ0) is 15.3. The van der Waals surface area contributed by atoms with E-state index in [2.05, 4.69) is 10.0 Å². The third-order valence-electron chi connectivity index (χ3n) is 2.94. The molecule has 0 aliphatic carbocycles. The fraction of sp³-hybridized carbons (Fsp3) is 0.462. The van der Waals surface area contributed by atoms with Crippen LogP contribution in [-0.4, -0.2) is 27.4 Å². The molecule has 1 amide bonds. The molecule has 0 spiro atoms. The van der Waals surface area contributed by atoms with E-state index in [9.17, 15) is 13.2 Å². The molecule has 0 fully saturated rings. The van der Waals surface area contributed by atoms with Gasteiger partial charge in [-0.25, -0.2) is 13.1 Å². The Morgan fingerprint density at radius 2 is 2.05 bits per heavy atom. The maximum Gasteiger partial charge on any atom is 0.240 e. The largest absolute Gasteiger partial charge is 0.328 e. The molecule has 0 saturated heterocycles. The number of hydrogen-bond donors (Lipinski definition) is 3. The number of rotatable bonds is 6. The third-order valence-corrected chi connectivity index (χ3v) is 4.50. The first-order valence-electron chi connectivity index (χ1n) is 6.36. The second-order valence-corrected chi connectivity index (χ2v) is 6.56. The molecule has 0 aliphatic rings. The lowest BCUT2D eigenvalue weighted by Gasteiger charge is -2.13. The maximum absolute atomic E-state index is 11.8. The number of anilines is 1. The highest BCUT2D eigenvalue weighted by atomic mass is 32.2. The van der Waals surface area contributed by atoms with Gasteiger partial charge in [-0.3, -0.25) is 4.79 Å². The Balaban J connectivity index is 2.93. The average molecular weight is 299 g/mol. The normalized spacial score (nSPS) is 13.0. The molecule has 0 saturated carbocycles. The van der Waals surface area contributed by atoms with Crippen LogP contribution in [0.3, 0.4) is 0 Å². The molecule has 1 atom stereocenters. The predicted molar refractivity (Wildman–Crippen MR) is 78.9 cm³/mol. The summed E-state index contributed by atoms with van der Waals surface area (Å²) in [5, 5.41) is 2.72. The third kappa shape index (κ3) is 4.29. The van der Waals surface area contributed by atoms with Crippen molar-refractivity contribution in [3.8, 4) is 0 Å². The predicted octanol–water partition coefficient (Wildman–Crippen LogP) is 0.969. The zero-order valence-corrected chi connectivity index (χ0v) is 12.8. The van der Waals surface area contributed by atoms with Gasteiger partial charge in [0.2, 0.25) is 15.9 Å². The van der Waals surface area contributed by atoms with Gasteiger partial charge in [0.15, 0.2) is 0 Å². The van der Waals surface area contributed by atoms with E-state index in [4.69, 9.17) is 5.73 Å². The summed E-state index contributed by atoms with van der Waals surface area (Å²) in [6.45, 7) is 3.49. The highest BCUT2D eigenvalue weighted by Gasteiger charge is 2.17. The van der Waals surface area contributed by atoms with Crippen molar-refractivity contribution in [3.63, 3.8) is 0 Å². The van der Waals surface area contributed by atoms with Crippen molar-refractivity contribution in [2.24, 2.45) is 5.73 Å². The topological polar surface area (TPSA) is 101 Å². The minimum absolute atomic E-state index is 0.0437. The monoisotopic (exact) mass is 299 g/mol. The summed E-state index contributed by atoms with van der Waals surface area (Å²) in [6.07, 6.45) is 0.888. The Hall–Kier alpha value is -1.44. The van der Waals surface area contributed by atoms with E-state index < -0.39 is 10.0 Å². The lowest BCUT2D eigenvalue weighted by atomic mass is 10.1. The molecule has 1 rings (SSSR count). The highest BCUT2D eigenvalue weighted by molar-refractivity contribution is 7.89. The molecule has 4 N–H and O–H groups in total. The van der Waals surface area contributed by atoms with Crippen LogP contribution in [-0.2, 0) is 14.8 Å². The molecular formula is C13H21N3O3S. The molecular weight excluding hydrogens is 278 g/mol. The van der Waals surface area contributed by atoms with E-state index in [1.54, 1.807) is 19.1 Å². The molecule has 1 unspecified atom stereocenters. The van der Waals surface area contributed by atoms with Crippen molar-refractivity contribution in [3.05, 3.63) is 23.8 Å². The van der Waals surface area contributed by atoms with E-state index in [0.717, 1.165) is 0 Å². The number of amides is 1. The van der Waals surface area contributed by atoms with Crippen molar-refractivity contribution in [2.45, 2.75) is 37.6 Å². The molecule has 0 heterocycles. The second-order valence-electron chi connectivity index (χ2n) is 4.70. The van der Waals surface area contributed by atoms with Gasteiger partial charge in [0, 0.05) is 18.2 Å². The molecule has 20 heavy (non-hydrogen) atoms. The van der Waals surface area contributed by atoms with Gasteiger partial charge in [-0.1, -0.05) is 6.07 Å². The number of sulfonamides is 1. The molecule has 0 aromatic heterocycles. The SMILES string of the molecule is CNS(=O)(=O)c1cccc(NC(=O)CCC(C)N)c1C. The van der Waals surface area contributed by atoms with Crippen molar-refractivity contribution in [1.82, 2.24) is 4.72 Å². The van der Waals surface area contributed by atoms with Crippen molar-refractivity contribution >= 4 is 21.6 Å². The Morgan fingerprint density at radius 3 is 2.60 bits per heavy atom. The first-order valence-corrected chi connectivity index (χ1v) is 7.85. The lowest BCUT2D eigenvalue weighted by molar-refractivity contribution is -0.116. The summed E-state index contributed by atoms with van der Waals surface area (Å²) in [4.78, 5) is 11.9. The van der Waals surface area contributed by atoms with Gasteiger partial charge in [-0.15, -0.1) is 0 Å². The van der Waals surface area contributed by atoms with E-state index in [-0.39, 0.29) is 16.8 Å². The number of carbonyl (C=O) groups excluding carboxylic acids is 1. The van der Waals surface area contributed by atoms with E-state index in [1.165, 1.54) is 13.1 Å². The van der Waals surface area contributed by atoms with Crippen molar-refractivity contribution in [1.29, 1.82) is 0 Å². The summed E-state index contributed by atoms with van der Waals surface area (Å²) in [5.41, 5.74) is 6.60. The highest BCUT2D eigenvalue weighted by Crippen LogP contribution is 2.22. The molecule has 1 aromatic carbocycles. The number of hydrogen-bond acceptors (Lipinski definition) is 4. The molecule has 112 valence electrons. The minimum atomic E-state index is -3.53. The molecule has 0 bridgehead atoms. The lowest BCUT2D eigenvalue weighted by Crippen LogP contribution is -2.22. The molecule has 6 nitrogen and oxygen atoms in total. The van der Waals surface area contributed by atoms with Gasteiger partial charge in [0.25, 0.3) is 0 Å². The van der Waals surface area contributed by atoms with Crippen molar-refractivity contribution < 1.29 is 13.2 Å². The van der Waals surface area contributed by atoms with Crippen LogP contribution in [0.5, 0.6) is 0 Å². The number of benzene rings is 1. The summed E-state index contributed by atoms with van der Waals surface area (Å²) in [6, 6.07) is 4.73. The fourth-order valence-electron chi connectivity index (χ4n) is 1.72. The quantitative estimate of drug-likeness (QED) is 0.728. The van der Waals surface area contributed by atoms with Crippen LogP contribution < -0.4 is 15.8 Å². The average Bonchev–Trinajstić information content (AvgIpc) is 2.38. The molecule has 7 heteroatoms. The Kier molecular flexibility index (Phi) is 5.67. The van der Waals surface area contributed by atoms with Crippen LogP contribution >= 0.6 is 0 Å². The van der Waals surface area contributed by atoms with Crippen LogP contribution in [0.25, 0.3) is 0 Å². The second kappa shape index (κ2) is 6.83.